The molecule has 1 aliphatic heterocycles. The molecule has 0 saturated carbocycles. The highest BCUT2D eigenvalue weighted by Gasteiger charge is 2.34. The number of furan rings is 1. The van der Waals surface area contributed by atoms with Gasteiger partial charge in [-0.1, -0.05) is 165 Å². The van der Waals surface area contributed by atoms with Gasteiger partial charge in [-0.3, -0.25) is 0 Å². The molecule has 3 atom stereocenters. The molecule has 7 aromatic carbocycles. The minimum Gasteiger partial charge on any atom is -0.456 e. The SMILES string of the molecule is CCC1/C=C(c2ccccc2)\N=C(\c2cccc(C3C=Cc4oc5ccccc5c4C3c3ccc4c(c3)sc3ccc(-c5ccccc5)cc34)c2)N(C)/C=C\1c1ccccc1. The average Bonchev–Trinajstić information content (AvgIpc) is 3.88. The highest BCUT2D eigenvalue weighted by atomic mass is 32.1. The van der Waals surface area contributed by atoms with Gasteiger partial charge in [0, 0.05) is 67.7 Å². The van der Waals surface area contributed by atoms with Crippen LogP contribution in [0.3, 0.4) is 0 Å². The summed E-state index contributed by atoms with van der Waals surface area (Å²) < 4.78 is 9.17. The first-order chi connectivity index (χ1) is 30.1. The van der Waals surface area contributed by atoms with Gasteiger partial charge in [0.15, 0.2) is 0 Å². The Kier molecular flexibility index (Phi) is 9.43. The number of para-hydroxylation sites is 1. The average molecular weight is 805 g/mol. The summed E-state index contributed by atoms with van der Waals surface area (Å²) in [6.45, 7) is 2.26. The number of allylic oxidation sites excluding steroid dienone is 3. The fourth-order valence-corrected chi connectivity index (χ4v) is 10.7. The molecule has 9 aromatic rings. The summed E-state index contributed by atoms with van der Waals surface area (Å²) in [6, 6.07) is 63.7. The molecule has 294 valence electrons. The third kappa shape index (κ3) is 6.74. The summed E-state index contributed by atoms with van der Waals surface area (Å²) in [4.78, 5) is 7.75. The van der Waals surface area contributed by atoms with Crippen LogP contribution in [0, 0.1) is 5.92 Å². The topological polar surface area (TPSA) is 28.7 Å². The van der Waals surface area contributed by atoms with Crippen LogP contribution < -0.4 is 0 Å². The quantitative estimate of drug-likeness (QED) is 0.161. The Bertz CT molecular complexity index is 3200. The van der Waals surface area contributed by atoms with Gasteiger partial charge >= 0.3 is 0 Å². The molecular formula is C57H44N2OS. The minimum absolute atomic E-state index is 0.0278. The predicted octanol–water partition coefficient (Wildman–Crippen LogP) is 15.2. The maximum absolute atomic E-state index is 6.57. The lowest BCUT2D eigenvalue weighted by Crippen LogP contribution is -2.25. The third-order valence-corrected chi connectivity index (χ3v) is 13.7. The first-order valence-corrected chi connectivity index (χ1v) is 22.1. The van der Waals surface area contributed by atoms with Crippen LogP contribution in [-0.2, 0) is 0 Å². The van der Waals surface area contributed by atoms with Gasteiger partial charge < -0.3 is 9.32 Å². The molecule has 1 aliphatic carbocycles. The second-order valence-electron chi connectivity index (χ2n) is 16.2. The molecule has 3 nitrogen and oxygen atoms in total. The summed E-state index contributed by atoms with van der Waals surface area (Å²) in [5.74, 6) is 2.13. The summed E-state index contributed by atoms with van der Waals surface area (Å²) in [5.41, 5.74) is 12.8. The van der Waals surface area contributed by atoms with E-state index in [-0.39, 0.29) is 17.8 Å². The van der Waals surface area contributed by atoms with Crippen LogP contribution in [0.5, 0.6) is 0 Å². The monoisotopic (exact) mass is 804 g/mol. The Morgan fingerprint density at radius 3 is 2.10 bits per heavy atom. The van der Waals surface area contributed by atoms with E-state index in [0.29, 0.717) is 0 Å². The van der Waals surface area contributed by atoms with Gasteiger partial charge in [0.25, 0.3) is 0 Å². The lowest BCUT2D eigenvalue weighted by Gasteiger charge is -2.30. The lowest BCUT2D eigenvalue weighted by molar-refractivity contribution is 0.581. The number of amidine groups is 1. The van der Waals surface area contributed by atoms with Gasteiger partial charge in [0.05, 0.1) is 5.70 Å². The van der Waals surface area contributed by atoms with Gasteiger partial charge in [-0.05, 0) is 81.8 Å². The van der Waals surface area contributed by atoms with Crippen molar-refractivity contribution in [3.8, 4) is 11.1 Å². The van der Waals surface area contributed by atoms with Crippen LogP contribution >= 0.6 is 11.3 Å². The smallest absolute Gasteiger partial charge is 0.140 e. The molecule has 0 bridgehead atoms. The number of hydrogen-bond acceptors (Lipinski definition) is 4. The Labute approximate surface area is 361 Å². The van der Waals surface area contributed by atoms with E-state index in [0.717, 1.165) is 40.4 Å². The number of benzene rings is 7. The van der Waals surface area contributed by atoms with E-state index >= 15 is 0 Å². The van der Waals surface area contributed by atoms with E-state index in [9.17, 15) is 0 Å². The van der Waals surface area contributed by atoms with Crippen molar-refractivity contribution < 1.29 is 4.42 Å². The van der Waals surface area contributed by atoms with E-state index < -0.39 is 0 Å². The molecule has 11 rings (SSSR count). The van der Waals surface area contributed by atoms with E-state index in [1.165, 1.54) is 64.5 Å². The lowest BCUT2D eigenvalue weighted by atomic mass is 9.73. The second-order valence-corrected chi connectivity index (χ2v) is 17.3. The van der Waals surface area contributed by atoms with Crippen molar-refractivity contribution in [3.05, 3.63) is 233 Å². The van der Waals surface area contributed by atoms with Crippen molar-refractivity contribution in [1.29, 1.82) is 0 Å². The normalized spacial score (nSPS) is 20.3. The summed E-state index contributed by atoms with van der Waals surface area (Å²) in [5, 5.41) is 3.77. The number of rotatable bonds is 7. The zero-order valence-corrected chi connectivity index (χ0v) is 35.0. The van der Waals surface area contributed by atoms with Crippen molar-refractivity contribution in [2.24, 2.45) is 10.9 Å². The highest BCUT2D eigenvalue weighted by Crippen LogP contribution is 2.50. The standard InChI is InChI=1S/C57H44N2OS/c1-3-37-34-50(40-20-11-6-12-21-40)58-57(59(2)36-49(37)39-18-9-5-10-19-39)44-23-15-22-42(32-44)45-29-30-52-56(47-24-13-14-25-51(47)60-52)55(45)43-26-28-46-48-33-41(38-16-7-4-8-17-38)27-31-53(48)61-54(46)35-43/h4-37,45,55H,3H2,1-2H3/b49-36+,50-34-,58-57-. The fourth-order valence-electron chi connectivity index (χ4n) is 9.54. The molecule has 0 N–H and O–H groups in total. The van der Waals surface area contributed by atoms with Crippen molar-refractivity contribution >= 4 is 65.7 Å². The highest BCUT2D eigenvalue weighted by molar-refractivity contribution is 7.25. The molecule has 2 aliphatic rings. The Hall–Kier alpha value is -7.01. The first kappa shape index (κ1) is 37.0. The van der Waals surface area contributed by atoms with Crippen molar-refractivity contribution in [2.45, 2.75) is 25.2 Å². The van der Waals surface area contributed by atoms with Crippen LogP contribution in [0.1, 0.15) is 64.3 Å². The second kappa shape index (κ2) is 15.5. The van der Waals surface area contributed by atoms with Gasteiger partial charge in [-0.25, -0.2) is 4.99 Å². The van der Waals surface area contributed by atoms with Crippen LogP contribution in [0.4, 0.5) is 0 Å². The number of aliphatic imine (C=N–C) groups is 1. The molecule has 3 heterocycles. The summed E-state index contributed by atoms with van der Waals surface area (Å²) in [7, 11) is 2.14. The van der Waals surface area contributed by atoms with Gasteiger partial charge in [0.2, 0.25) is 0 Å². The fraction of sp³-hybridized carbons (Fsp3) is 0.105. The number of thiophene rings is 1. The molecule has 4 heteroatoms. The number of hydrogen-bond donors (Lipinski definition) is 0. The summed E-state index contributed by atoms with van der Waals surface area (Å²) in [6.07, 6.45) is 10.2. The Morgan fingerprint density at radius 2 is 1.31 bits per heavy atom. The zero-order valence-electron chi connectivity index (χ0n) is 34.2. The number of nitrogens with zero attached hydrogens (tertiary/aromatic N) is 2. The van der Waals surface area contributed by atoms with E-state index in [1.807, 2.05) is 11.3 Å². The maximum atomic E-state index is 6.57. The van der Waals surface area contributed by atoms with Crippen molar-refractivity contribution in [2.75, 3.05) is 7.05 Å². The molecule has 0 radical (unpaired) electrons. The van der Waals surface area contributed by atoms with Crippen molar-refractivity contribution in [3.63, 3.8) is 0 Å². The Balaban J connectivity index is 1.05. The van der Waals surface area contributed by atoms with Crippen molar-refractivity contribution in [1.82, 2.24) is 4.90 Å². The van der Waals surface area contributed by atoms with Gasteiger partial charge in [0.1, 0.15) is 17.2 Å². The molecule has 0 spiro atoms. The summed E-state index contributed by atoms with van der Waals surface area (Å²) >= 11 is 1.88. The first-order valence-electron chi connectivity index (χ1n) is 21.3. The van der Waals surface area contributed by atoms with E-state index in [2.05, 4.69) is 219 Å². The zero-order chi connectivity index (χ0) is 40.9. The molecule has 61 heavy (non-hydrogen) atoms. The maximum Gasteiger partial charge on any atom is 0.140 e. The molecule has 0 amide bonds. The molecule has 0 saturated heterocycles. The largest absolute Gasteiger partial charge is 0.456 e. The third-order valence-electron chi connectivity index (χ3n) is 12.5. The molecular weight excluding hydrogens is 761 g/mol. The molecule has 2 aromatic heterocycles. The number of fused-ring (bicyclic) bond motifs is 6. The van der Waals surface area contributed by atoms with Crippen LogP contribution in [0.25, 0.3) is 59.6 Å². The van der Waals surface area contributed by atoms with E-state index in [1.54, 1.807) is 0 Å². The van der Waals surface area contributed by atoms with E-state index in [4.69, 9.17) is 9.41 Å². The minimum atomic E-state index is 0.0278. The van der Waals surface area contributed by atoms with Crippen LogP contribution in [0.15, 0.2) is 204 Å². The molecule has 0 fully saturated rings. The van der Waals surface area contributed by atoms with Crippen LogP contribution in [0.2, 0.25) is 0 Å². The Morgan fingerprint density at radius 1 is 0.590 bits per heavy atom. The van der Waals surface area contributed by atoms with Gasteiger partial charge in [-0.2, -0.15) is 0 Å². The van der Waals surface area contributed by atoms with Gasteiger partial charge in [-0.15, -0.1) is 11.3 Å². The molecule has 3 unspecified atom stereocenters. The predicted molar refractivity (Wildman–Crippen MR) is 258 cm³/mol. The van der Waals surface area contributed by atoms with Crippen LogP contribution in [-0.4, -0.2) is 17.8 Å².